The number of carbonyl (C=O) groups is 2. The molecule has 0 unspecified atom stereocenters. The molecule has 0 aliphatic carbocycles. The van der Waals surface area contributed by atoms with Crippen molar-refractivity contribution < 1.29 is 19.1 Å². The van der Waals surface area contributed by atoms with E-state index in [0.717, 1.165) is 42.9 Å². The molecule has 3 aliphatic heterocycles. The maximum Gasteiger partial charge on any atom is 0.254 e. The van der Waals surface area contributed by atoms with E-state index in [1.54, 1.807) is 0 Å². The minimum atomic E-state index is 0.0351. The second-order valence-electron chi connectivity index (χ2n) is 8.71. The van der Waals surface area contributed by atoms with Crippen molar-refractivity contribution >= 4 is 28.5 Å². The predicted octanol–water partition coefficient (Wildman–Crippen LogP) is 0.688. The van der Waals surface area contributed by atoms with E-state index in [0.29, 0.717) is 64.7 Å². The number of para-hydroxylation sites is 1. The van der Waals surface area contributed by atoms with Gasteiger partial charge in [-0.25, -0.2) is 4.98 Å². The van der Waals surface area contributed by atoms with Crippen LogP contribution in [0.1, 0.15) is 10.4 Å². The molecule has 0 spiro atoms. The molecule has 2 aromatic rings. The summed E-state index contributed by atoms with van der Waals surface area (Å²) in [5.41, 5.74) is 1.53. The summed E-state index contributed by atoms with van der Waals surface area (Å²) >= 11 is 0. The van der Waals surface area contributed by atoms with Crippen LogP contribution in [-0.2, 0) is 14.3 Å². The third kappa shape index (κ3) is 4.95. The maximum absolute atomic E-state index is 13.3. The van der Waals surface area contributed by atoms with Gasteiger partial charge in [0.2, 0.25) is 5.91 Å². The van der Waals surface area contributed by atoms with Gasteiger partial charge in [-0.05, 0) is 12.1 Å². The van der Waals surface area contributed by atoms with Crippen molar-refractivity contribution in [3.63, 3.8) is 0 Å². The molecular weight excluding hydrogens is 422 g/mol. The number of piperazine rings is 1. The lowest BCUT2D eigenvalue weighted by atomic mass is 10.1. The first kappa shape index (κ1) is 22.1. The molecule has 1 aromatic heterocycles. The van der Waals surface area contributed by atoms with Crippen LogP contribution < -0.4 is 4.90 Å². The van der Waals surface area contributed by atoms with Crippen LogP contribution in [0.3, 0.4) is 0 Å². The van der Waals surface area contributed by atoms with Gasteiger partial charge in [-0.3, -0.25) is 14.5 Å². The van der Waals surface area contributed by atoms with Crippen LogP contribution in [0.4, 0.5) is 5.82 Å². The van der Waals surface area contributed by atoms with E-state index in [-0.39, 0.29) is 11.8 Å². The molecule has 3 aliphatic rings. The third-order valence-corrected chi connectivity index (χ3v) is 6.65. The van der Waals surface area contributed by atoms with Crippen LogP contribution >= 0.6 is 0 Å². The molecule has 176 valence electrons. The van der Waals surface area contributed by atoms with Gasteiger partial charge < -0.3 is 24.2 Å². The Kier molecular flexibility index (Phi) is 6.70. The fourth-order valence-electron chi connectivity index (χ4n) is 4.68. The number of amides is 2. The van der Waals surface area contributed by atoms with Crippen molar-refractivity contribution in [1.82, 2.24) is 19.7 Å². The average Bonchev–Trinajstić information content (AvgIpc) is 2.89. The Balaban J connectivity index is 1.29. The molecule has 0 atom stereocenters. The number of ether oxygens (including phenoxy) is 2. The summed E-state index contributed by atoms with van der Waals surface area (Å²) in [4.78, 5) is 39.0. The molecule has 1 aromatic carbocycles. The Morgan fingerprint density at radius 3 is 2.15 bits per heavy atom. The minimum absolute atomic E-state index is 0.0351. The van der Waals surface area contributed by atoms with Gasteiger partial charge in [0.25, 0.3) is 5.91 Å². The van der Waals surface area contributed by atoms with Gasteiger partial charge in [-0.15, -0.1) is 0 Å². The summed E-state index contributed by atoms with van der Waals surface area (Å²) in [5, 5.41) is 0.882. The fraction of sp³-hybridized carbons (Fsp3) is 0.542. The standard InChI is InChI=1S/C24H31N5O4/c30-23(28-9-13-32-14-10-28)18-26-5-7-27(8-6-26)22-17-20(19-3-1-2-4-21(19)25-22)24(31)29-11-15-33-16-12-29/h1-4,17H,5-16,18H2. The topological polar surface area (TPSA) is 78.5 Å². The van der Waals surface area contributed by atoms with E-state index in [9.17, 15) is 9.59 Å². The first-order valence-electron chi connectivity index (χ1n) is 11.8. The fourth-order valence-corrected chi connectivity index (χ4v) is 4.68. The molecule has 2 amide bonds. The quantitative estimate of drug-likeness (QED) is 0.674. The van der Waals surface area contributed by atoms with Crippen LogP contribution in [0.5, 0.6) is 0 Å². The van der Waals surface area contributed by atoms with Gasteiger partial charge in [-0.2, -0.15) is 0 Å². The molecule has 5 rings (SSSR count). The van der Waals surface area contributed by atoms with Crippen LogP contribution in [0.2, 0.25) is 0 Å². The molecule has 33 heavy (non-hydrogen) atoms. The first-order chi connectivity index (χ1) is 16.2. The van der Waals surface area contributed by atoms with E-state index < -0.39 is 0 Å². The highest BCUT2D eigenvalue weighted by Gasteiger charge is 2.26. The number of anilines is 1. The molecule has 0 N–H and O–H groups in total. The van der Waals surface area contributed by atoms with Crippen molar-refractivity contribution in [1.29, 1.82) is 0 Å². The normalized spacial score (nSPS) is 20.3. The number of rotatable bonds is 4. The third-order valence-electron chi connectivity index (χ3n) is 6.65. The first-order valence-corrected chi connectivity index (χ1v) is 11.8. The molecule has 3 fully saturated rings. The van der Waals surface area contributed by atoms with Gasteiger partial charge in [-0.1, -0.05) is 18.2 Å². The Hall–Kier alpha value is -2.75. The zero-order valence-electron chi connectivity index (χ0n) is 18.9. The van der Waals surface area contributed by atoms with E-state index in [4.69, 9.17) is 14.5 Å². The van der Waals surface area contributed by atoms with Crippen molar-refractivity contribution in [3.05, 3.63) is 35.9 Å². The summed E-state index contributed by atoms with van der Waals surface area (Å²) in [6.07, 6.45) is 0. The van der Waals surface area contributed by atoms with Crippen molar-refractivity contribution in [2.45, 2.75) is 0 Å². The number of carbonyl (C=O) groups excluding carboxylic acids is 2. The van der Waals surface area contributed by atoms with E-state index >= 15 is 0 Å². The second-order valence-corrected chi connectivity index (χ2v) is 8.71. The van der Waals surface area contributed by atoms with Crippen molar-refractivity contribution in [2.24, 2.45) is 0 Å². The van der Waals surface area contributed by atoms with Crippen molar-refractivity contribution in [3.8, 4) is 0 Å². The number of hydrogen-bond donors (Lipinski definition) is 0. The highest BCUT2D eigenvalue weighted by atomic mass is 16.5. The van der Waals surface area contributed by atoms with Gasteiger partial charge >= 0.3 is 0 Å². The van der Waals surface area contributed by atoms with Crippen LogP contribution in [0.25, 0.3) is 10.9 Å². The number of fused-ring (bicyclic) bond motifs is 1. The van der Waals surface area contributed by atoms with E-state index in [1.807, 2.05) is 40.1 Å². The SMILES string of the molecule is O=C(CN1CCN(c2cc(C(=O)N3CCOCC3)c3ccccc3n2)CC1)N1CCOCC1. The van der Waals surface area contributed by atoms with Gasteiger partial charge in [0.1, 0.15) is 5.82 Å². The Labute approximate surface area is 193 Å². The number of morpholine rings is 2. The lowest BCUT2D eigenvalue weighted by Crippen LogP contribution is -2.51. The summed E-state index contributed by atoms with van der Waals surface area (Å²) in [6, 6.07) is 9.77. The molecule has 9 heteroatoms. The van der Waals surface area contributed by atoms with Crippen molar-refractivity contribution in [2.75, 3.05) is 90.2 Å². The number of benzene rings is 1. The number of hydrogen-bond acceptors (Lipinski definition) is 7. The van der Waals surface area contributed by atoms with E-state index in [2.05, 4.69) is 9.80 Å². The van der Waals surface area contributed by atoms with Crippen LogP contribution in [0, 0.1) is 0 Å². The molecule has 0 saturated carbocycles. The summed E-state index contributed by atoms with van der Waals surface area (Å²) in [6.45, 7) is 8.55. The highest BCUT2D eigenvalue weighted by Crippen LogP contribution is 2.25. The number of nitrogens with zero attached hydrogens (tertiary/aromatic N) is 5. The Morgan fingerprint density at radius 1 is 0.818 bits per heavy atom. The van der Waals surface area contributed by atoms with Crippen LogP contribution in [-0.4, -0.2) is 117 Å². The number of aromatic nitrogens is 1. The molecule has 0 bridgehead atoms. The maximum atomic E-state index is 13.3. The summed E-state index contributed by atoms with van der Waals surface area (Å²) in [5.74, 6) is 1.03. The average molecular weight is 454 g/mol. The highest BCUT2D eigenvalue weighted by molar-refractivity contribution is 6.07. The molecular formula is C24H31N5O4. The molecule has 4 heterocycles. The van der Waals surface area contributed by atoms with Crippen LogP contribution in [0.15, 0.2) is 30.3 Å². The Morgan fingerprint density at radius 2 is 1.45 bits per heavy atom. The molecule has 3 saturated heterocycles. The van der Waals surface area contributed by atoms with Gasteiger partial charge in [0.05, 0.1) is 44.1 Å². The lowest BCUT2D eigenvalue weighted by molar-refractivity contribution is -0.136. The summed E-state index contributed by atoms with van der Waals surface area (Å²) < 4.78 is 10.8. The predicted molar refractivity (Wildman–Crippen MR) is 125 cm³/mol. The number of pyridine rings is 1. The largest absolute Gasteiger partial charge is 0.378 e. The zero-order valence-corrected chi connectivity index (χ0v) is 18.9. The second kappa shape index (κ2) is 10.0. The Bertz CT molecular complexity index is 996. The zero-order chi connectivity index (χ0) is 22.6. The smallest absolute Gasteiger partial charge is 0.254 e. The lowest BCUT2D eigenvalue weighted by Gasteiger charge is -2.36. The van der Waals surface area contributed by atoms with Gasteiger partial charge in [0.15, 0.2) is 0 Å². The van der Waals surface area contributed by atoms with Gasteiger partial charge in [0, 0.05) is 57.7 Å². The monoisotopic (exact) mass is 453 g/mol. The molecule has 0 radical (unpaired) electrons. The molecule has 9 nitrogen and oxygen atoms in total. The van der Waals surface area contributed by atoms with E-state index in [1.165, 1.54) is 0 Å². The minimum Gasteiger partial charge on any atom is -0.378 e. The summed E-state index contributed by atoms with van der Waals surface area (Å²) in [7, 11) is 0.